The molecule has 0 bridgehead atoms. The lowest BCUT2D eigenvalue weighted by atomic mass is 10.1. The largest absolute Gasteiger partial charge is 0.416 e. The summed E-state index contributed by atoms with van der Waals surface area (Å²) in [5.41, 5.74) is -0.152. The van der Waals surface area contributed by atoms with Crippen molar-refractivity contribution in [3.63, 3.8) is 0 Å². The Morgan fingerprint density at radius 2 is 1.85 bits per heavy atom. The molecule has 1 aromatic heterocycles. The van der Waals surface area contributed by atoms with E-state index in [0.717, 1.165) is 24.3 Å². The van der Waals surface area contributed by atoms with E-state index in [9.17, 15) is 22.4 Å². The molecule has 8 heteroatoms. The number of fused-ring (bicyclic) bond motifs is 1. The minimum atomic E-state index is -4.58. The van der Waals surface area contributed by atoms with Crippen molar-refractivity contribution in [1.82, 2.24) is 4.98 Å². The average Bonchev–Trinajstić information content (AvgIpc) is 2.55. The first-order valence-corrected chi connectivity index (χ1v) is 7.78. The molecule has 0 saturated carbocycles. The molecule has 0 fully saturated rings. The normalized spacial score (nSPS) is 11.6. The second-order valence-corrected chi connectivity index (χ2v) is 6.03. The van der Waals surface area contributed by atoms with Gasteiger partial charge in [-0.2, -0.15) is 13.2 Å². The van der Waals surface area contributed by atoms with Crippen LogP contribution in [0.3, 0.4) is 0 Å². The predicted octanol–water partition coefficient (Wildman–Crippen LogP) is 5.61. The van der Waals surface area contributed by atoms with Gasteiger partial charge in [-0.1, -0.05) is 11.6 Å². The van der Waals surface area contributed by atoms with Gasteiger partial charge in [-0.15, -0.1) is 0 Å². The molecule has 0 atom stereocenters. The van der Waals surface area contributed by atoms with Crippen molar-refractivity contribution in [1.29, 1.82) is 0 Å². The number of rotatable bonds is 2. The quantitative estimate of drug-likeness (QED) is 0.585. The number of anilines is 1. The molecule has 0 unspecified atom stereocenters. The third-order valence-corrected chi connectivity index (χ3v) is 4.01. The standard InChI is InChI=1S/C18H11ClF4N2O/c1-9-6-13(12-8-11(20)3-5-15(12)24-9)17(26)25-16-7-10(18(21,22)23)2-4-14(16)19/h2-8H,1H3,(H,25,26). The second kappa shape index (κ2) is 6.57. The molecule has 0 radical (unpaired) electrons. The molecule has 3 rings (SSSR count). The second-order valence-electron chi connectivity index (χ2n) is 5.62. The number of benzene rings is 2. The molecule has 1 heterocycles. The van der Waals surface area contributed by atoms with Gasteiger partial charge in [0.2, 0.25) is 0 Å². The Kier molecular flexibility index (Phi) is 4.58. The monoisotopic (exact) mass is 382 g/mol. The van der Waals surface area contributed by atoms with Crippen molar-refractivity contribution in [2.24, 2.45) is 0 Å². The number of nitrogens with one attached hydrogen (secondary N) is 1. The Morgan fingerprint density at radius 1 is 1.12 bits per heavy atom. The SMILES string of the molecule is Cc1cc(C(=O)Nc2cc(C(F)(F)F)ccc2Cl)c2cc(F)ccc2n1. The highest BCUT2D eigenvalue weighted by atomic mass is 35.5. The highest BCUT2D eigenvalue weighted by molar-refractivity contribution is 6.34. The van der Waals surface area contributed by atoms with Gasteiger partial charge < -0.3 is 5.32 Å². The van der Waals surface area contributed by atoms with E-state index in [2.05, 4.69) is 10.3 Å². The smallest absolute Gasteiger partial charge is 0.321 e. The van der Waals surface area contributed by atoms with Gasteiger partial charge in [0, 0.05) is 11.1 Å². The molecular weight excluding hydrogens is 372 g/mol. The van der Waals surface area contributed by atoms with E-state index in [1.165, 1.54) is 18.2 Å². The number of carbonyl (C=O) groups excluding carboxylic acids is 1. The predicted molar refractivity (Wildman–Crippen MR) is 90.8 cm³/mol. The van der Waals surface area contributed by atoms with Crippen LogP contribution in [0.5, 0.6) is 0 Å². The van der Waals surface area contributed by atoms with Crippen LogP contribution in [0.4, 0.5) is 23.2 Å². The Bertz CT molecular complexity index is 1020. The van der Waals surface area contributed by atoms with Crippen LogP contribution in [0, 0.1) is 12.7 Å². The molecule has 134 valence electrons. The maximum absolute atomic E-state index is 13.6. The van der Waals surface area contributed by atoms with Crippen molar-refractivity contribution in [3.8, 4) is 0 Å². The molecule has 0 aliphatic carbocycles. The van der Waals surface area contributed by atoms with Crippen molar-refractivity contribution in [2.75, 3.05) is 5.32 Å². The lowest BCUT2D eigenvalue weighted by Crippen LogP contribution is -2.15. The number of pyridine rings is 1. The van der Waals surface area contributed by atoms with Crippen LogP contribution in [-0.2, 0) is 6.18 Å². The average molecular weight is 383 g/mol. The molecule has 1 N–H and O–H groups in total. The fraction of sp³-hybridized carbons (Fsp3) is 0.111. The third-order valence-electron chi connectivity index (χ3n) is 3.69. The van der Waals surface area contributed by atoms with Crippen molar-refractivity contribution in [3.05, 3.63) is 70.1 Å². The van der Waals surface area contributed by atoms with Crippen LogP contribution < -0.4 is 5.32 Å². The summed E-state index contributed by atoms with van der Waals surface area (Å²) in [6, 6.07) is 7.82. The summed E-state index contributed by atoms with van der Waals surface area (Å²) in [6.07, 6.45) is -4.58. The number of carbonyl (C=O) groups is 1. The molecular formula is C18H11ClF4N2O. The van der Waals surface area contributed by atoms with Gasteiger partial charge in [-0.05, 0) is 49.4 Å². The molecule has 3 nitrogen and oxygen atoms in total. The van der Waals surface area contributed by atoms with Gasteiger partial charge in [-0.25, -0.2) is 4.39 Å². The van der Waals surface area contributed by atoms with E-state index in [1.54, 1.807) is 6.92 Å². The Balaban J connectivity index is 2.04. The van der Waals surface area contributed by atoms with Gasteiger partial charge in [0.1, 0.15) is 5.82 Å². The fourth-order valence-electron chi connectivity index (χ4n) is 2.51. The van der Waals surface area contributed by atoms with Crippen molar-refractivity contribution < 1.29 is 22.4 Å². The number of nitrogens with zero attached hydrogens (tertiary/aromatic N) is 1. The topological polar surface area (TPSA) is 42.0 Å². The zero-order valence-electron chi connectivity index (χ0n) is 13.3. The summed E-state index contributed by atoms with van der Waals surface area (Å²) >= 11 is 5.90. The third kappa shape index (κ3) is 3.62. The van der Waals surface area contributed by atoms with Crippen molar-refractivity contribution >= 4 is 34.1 Å². The summed E-state index contributed by atoms with van der Waals surface area (Å²) in [5.74, 6) is -1.28. The maximum Gasteiger partial charge on any atom is 0.416 e. The summed E-state index contributed by atoms with van der Waals surface area (Å²) < 4.78 is 52.1. The number of alkyl halides is 3. The molecule has 1 amide bonds. The van der Waals surface area contributed by atoms with E-state index >= 15 is 0 Å². The fourth-order valence-corrected chi connectivity index (χ4v) is 2.67. The first-order chi connectivity index (χ1) is 12.1. The number of halogens is 5. The molecule has 0 aliphatic rings. The zero-order valence-corrected chi connectivity index (χ0v) is 14.0. The number of amides is 1. The van der Waals surface area contributed by atoms with Gasteiger partial charge in [0.15, 0.2) is 0 Å². The maximum atomic E-state index is 13.6. The van der Waals surface area contributed by atoms with Crippen LogP contribution in [0.25, 0.3) is 10.9 Å². The minimum absolute atomic E-state index is 0.0485. The number of aryl methyl sites for hydroxylation is 1. The Morgan fingerprint density at radius 3 is 2.54 bits per heavy atom. The van der Waals surface area contributed by atoms with Crippen LogP contribution >= 0.6 is 11.6 Å². The first-order valence-electron chi connectivity index (χ1n) is 7.40. The molecule has 0 aliphatic heterocycles. The van der Waals surface area contributed by atoms with E-state index in [1.807, 2.05) is 0 Å². The van der Waals surface area contributed by atoms with E-state index in [4.69, 9.17) is 11.6 Å². The van der Waals surface area contributed by atoms with Gasteiger partial charge in [0.05, 0.1) is 27.4 Å². The lowest BCUT2D eigenvalue weighted by molar-refractivity contribution is -0.137. The highest BCUT2D eigenvalue weighted by Crippen LogP contribution is 2.34. The molecule has 0 spiro atoms. The molecule has 3 aromatic rings. The molecule has 0 saturated heterocycles. The Hall–Kier alpha value is -2.67. The van der Waals surface area contributed by atoms with Gasteiger partial charge >= 0.3 is 6.18 Å². The van der Waals surface area contributed by atoms with Gasteiger partial charge in [-0.3, -0.25) is 9.78 Å². The van der Waals surface area contributed by atoms with E-state index in [-0.39, 0.29) is 21.7 Å². The summed E-state index contributed by atoms with van der Waals surface area (Å²) in [5, 5.41) is 2.55. The minimum Gasteiger partial charge on any atom is -0.321 e. The lowest BCUT2D eigenvalue weighted by Gasteiger charge is -2.13. The van der Waals surface area contributed by atoms with Crippen LogP contribution in [-0.4, -0.2) is 10.9 Å². The highest BCUT2D eigenvalue weighted by Gasteiger charge is 2.31. The van der Waals surface area contributed by atoms with Crippen LogP contribution in [0.2, 0.25) is 5.02 Å². The molecule has 26 heavy (non-hydrogen) atoms. The number of aromatic nitrogens is 1. The zero-order chi connectivity index (χ0) is 19.1. The van der Waals surface area contributed by atoms with Gasteiger partial charge in [0.25, 0.3) is 5.91 Å². The summed E-state index contributed by atoms with van der Waals surface area (Å²) in [6.45, 7) is 1.65. The van der Waals surface area contributed by atoms with E-state index < -0.39 is 23.5 Å². The van der Waals surface area contributed by atoms with E-state index in [0.29, 0.717) is 11.2 Å². The first kappa shape index (κ1) is 18.1. The van der Waals surface area contributed by atoms with Crippen LogP contribution in [0.15, 0.2) is 42.5 Å². The summed E-state index contributed by atoms with van der Waals surface area (Å²) in [4.78, 5) is 16.8. The van der Waals surface area contributed by atoms with Crippen molar-refractivity contribution in [2.45, 2.75) is 13.1 Å². The molecule has 2 aromatic carbocycles. The number of hydrogen-bond acceptors (Lipinski definition) is 2. The van der Waals surface area contributed by atoms with Crippen LogP contribution in [0.1, 0.15) is 21.6 Å². The number of hydrogen-bond donors (Lipinski definition) is 1. The summed E-state index contributed by atoms with van der Waals surface area (Å²) in [7, 11) is 0. The Labute approximate surface area is 150 Å².